The highest BCUT2D eigenvalue weighted by Gasteiger charge is 2.10. The lowest BCUT2D eigenvalue weighted by Gasteiger charge is -2.03. The summed E-state index contributed by atoms with van der Waals surface area (Å²) >= 11 is 1.24. The van der Waals surface area contributed by atoms with Crippen molar-refractivity contribution in [2.75, 3.05) is 12.4 Å². The van der Waals surface area contributed by atoms with Crippen LogP contribution in [0.1, 0.15) is 5.56 Å². The number of ether oxygens (including phenoxy) is 1. The maximum atomic E-state index is 12.9. The summed E-state index contributed by atoms with van der Waals surface area (Å²) < 4.78 is 18.0. The molecule has 1 heterocycles. The van der Waals surface area contributed by atoms with Crippen LogP contribution < -0.4 is 10.1 Å². The van der Waals surface area contributed by atoms with Gasteiger partial charge < -0.3 is 10.1 Å². The molecule has 0 aliphatic rings. The van der Waals surface area contributed by atoms with Crippen LogP contribution in [0.15, 0.2) is 48.5 Å². The van der Waals surface area contributed by atoms with Gasteiger partial charge in [-0.15, -0.1) is 10.2 Å². The number of benzene rings is 2. The summed E-state index contributed by atoms with van der Waals surface area (Å²) in [5, 5.41) is 11.7. The first-order chi connectivity index (χ1) is 11.6. The smallest absolute Gasteiger partial charge is 0.230 e. The van der Waals surface area contributed by atoms with Gasteiger partial charge in [0, 0.05) is 5.56 Å². The van der Waals surface area contributed by atoms with Gasteiger partial charge in [0.25, 0.3) is 0 Å². The molecule has 122 valence electrons. The van der Waals surface area contributed by atoms with Gasteiger partial charge in [-0.3, -0.25) is 4.79 Å². The molecule has 0 saturated heterocycles. The normalized spacial score (nSPS) is 10.4. The molecule has 1 N–H and O–H groups in total. The first-order valence-electron chi connectivity index (χ1n) is 7.16. The Morgan fingerprint density at radius 2 is 1.83 bits per heavy atom. The second-order valence-electron chi connectivity index (χ2n) is 4.99. The zero-order valence-corrected chi connectivity index (χ0v) is 13.6. The molecule has 0 unspecified atom stereocenters. The van der Waals surface area contributed by atoms with Crippen molar-refractivity contribution in [1.29, 1.82) is 0 Å². The highest BCUT2D eigenvalue weighted by molar-refractivity contribution is 7.18. The third-order valence-electron chi connectivity index (χ3n) is 3.29. The van der Waals surface area contributed by atoms with Crippen LogP contribution >= 0.6 is 11.3 Å². The van der Waals surface area contributed by atoms with E-state index < -0.39 is 0 Å². The highest BCUT2D eigenvalue weighted by Crippen LogP contribution is 2.26. The Kier molecular flexibility index (Phi) is 4.81. The summed E-state index contributed by atoms with van der Waals surface area (Å²) in [4.78, 5) is 12.1. The van der Waals surface area contributed by atoms with Crippen LogP contribution in [0.2, 0.25) is 0 Å². The molecule has 0 spiro atoms. The zero-order valence-electron chi connectivity index (χ0n) is 12.8. The third-order valence-corrected chi connectivity index (χ3v) is 4.17. The van der Waals surface area contributed by atoms with Crippen molar-refractivity contribution in [3.05, 3.63) is 59.9 Å². The van der Waals surface area contributed by atoms with E-state index in [0.29, 0.717) is 10.1 Å². The van der Waals surface area contributed by atoms with E-state index in [-0.39, 0.29) is 18.1 Å². The van der Waals surface area contributed by atoms with Crippen molar-refractivity contribution in [1.82, 2.24) is 10.2 Å². The average molecular weight is 343 g/mol. The van der Waals surface area contributed by atoms with Gasteiger partial charge in [-0.25, -0.2) is 4.39 Å². The minimum absolute atomic E-state index is 0.179. The fourth-order valence-electron chi connectivity index (χ4n) is 2.08. The molecular formula is C17H14FN3O2S. The Labute approximate surface area is 142 Å². The first-order valence-corrected chi connectivity index (χ1v) is 7.98. The number of nitrogens with zero attached hydrogens (tertiary/aromatic N) is 2. The maximum Gasteiger partial charge on any atom is 0.230 e. The third kappa shape index (κ3) is 3.94. The second-order valence-corrected chi connectivity index (χ2v) is 5.97. The Balaban J connectivity index is 1.63. The number of carbonyl (C=O) groups is 1. The van der Waals surface area contributed by atoms with E-state index in [1.165, 1.54) is 23.5 Å². The summed E-state index contributed by atoms with van der Waals surface area (Å²) in [6, 6.07) is 13.3. The number of amides is 1. The zero-order chi connectivity index (χ0) is 16.9. The van der Waals surface area contributed by atoms with Gasteiger partial charge in [0.2, 0.25) is 11.0 Å². The number of methoxy groups -OCH3 is 1. The first kappa shape index (κ1) is 16.1. The van der Waals surface area contributed by atoms with E-state index in [0.717, 1.165) is 16.9 Å². The minimum atomic E-state index is -0.309. The number of halogens is 1. The lowest BCUT2D eigenvalue weighted by Crippen LogP contribution is -2.14. The summed E-state index contributed by atoms with van der Waals surface area (Å²) in [5.74, 6) is 0.255. The lowest BCUT2D eigenvalue weighted by molar-refractivity contribution is -0.115. The summed E-state index contributed by atoms with van der Waals surface area (Å²) in [7, 11) is 1.59. The molecule has 0 aliphatic carbocycles. The predicted molar refractivity (Wildman–Crippen MR) is 90.6 cm³/mol. The number of carbonyl (C=O) groups excluding carboxylic acids is 1. The van der Waals surface area contributed by atoms with E-state index in [1.54, 1.807) is 31.4 Å². The van der Waals surface area contributed by atoms with E-state index in [4.69, 9.17) is 4.74 Å². The maximum absolute atomic E-state index is 12.9. The van der Waals surface area contributed by atoms with Crippen LogP contribution in [-0.2, 0) is 11.2 Å². The number of aromatic nitrogens is 2. The minimum Gasteiger partial charge on any atom is -0.497 e. The molecule has 3 rings (SSSR count). The molecule has 24 heavy (non-hydrogen) atoms. The van der Waals surface area contributed by atoms with Crippen LogP contribution in [0, 0.1) is 5.82 Å². The second kappa shape index (κ2) is 7.18. The van der Waals surface area contributed by atoms with Gasteiger partial charge in [-0.2, -0.15) is 0 Å². The Bertz CT molecular complexity index is 832. The topological polar surface area (TPSA) is 64.1 Å². The van der Waals surface area contributed by atoms with Gasteiger partial charge in [-0.1, -0.05) is 23.5 Å². The fraction of sp³-hybridized carbons (Fsp3) is 0.118. The Hall–Kier alpha value is -2.80. The Morgan fingerprint density at radius 3 is 2.50 bits per heavy atom. The van der Waals surface area contributed by atoms with Gasteiger partial charge in [0.05, 0.1) is 13.5 Å². The summed E-state index contributed by atoms with van der Waals surface area (Å²) in [6.07, 6.45) is 0.232. The van der Waals surface area contributed by atoms with Crippen LogP contribution in [0.5, 0.6) is 5.75 Å². The molecule has 2 aromatic carbocycles. The van der Waals surface area contributed by atoms with Gasteiger partial charge >= 0.3 is 0 Å². The molecule has 1 aromatic heterocycles. The number of hydrogen-bond donors (Lipinski definition) is 1. The van der Waals surface area contributed by atoms with Gasteiger partial charge in [-0.05, 0) is 42.0 Å². The van der Waals surface area contributed by atoms with Crippen molar-refractivity contribution in [3.63, 3.8) is 0 Å². The quantitative estimate of drug-likeness (QED) is 0.770. The van der Waals surface area contributed by atoms with Crippen molar-refractivity contribution >= 4 is 22.4 Å². The molecule has 1 amide bonds. The number of nitrogens with one attached hydrogen (secondary N) is 1. The van der Waals surface area contributed by atoms with E-state index in [2.05, 4.69) is 15.5 Å². The molecule has 0 radical (unpaired) electrons. The van der Waals surface area contributed by atoms with Crippen LogP contribution in [0.3, 0.4) is 0 Å². The molecule has 0 bridgehead atoms. The predicted octanol–water partition coefficient (Wildman–Crippen LogP) is 3.53. The number of anilines is 1. The lowest BCUT2D eigenvalue weighted by atomic mass is 10.1. The highest BCUT2D eigenvalue weighted by atomic mass is 32.1. The van der Waals surface area contributed by atoms with Gasteiger partial charge in [0.15, 0.2) is 0 Å². The SMILES string of the molecule is COc1ccc(CC(=O)Nc2nnc(-c3ccc(F)cc3)s2)cc1. The summed E-state index contributed by atoms with van der Waals surface area (Å²) in [6.45, 7) is 0. The van der Waals surface area contributed by atoms with Crippen molar-refractivity contribution < 1.29 is 13.9 Å². The fourth-order valence-corrected chi connectivity index (χ4v) is 2.84. The average Bonchev–Trinajstić information content (AvgIpc) is 3.04. The van der Waals surface area contributed by atoms with Gasteiger partial charge in [0.1, 0.15) is 16.6 Å². The van der Waals surface area contributed by atoms with Crippen LogP contribution in [-0.4, -0.2) is 23.2 Å². The van der Waals surface area contributed by atoms with E-state index >= 15 is 0 Å². The van der Waals surface area contributed by atoms with Crippen LogP contribution in [0.4, 0.5) is 9.52 Å². The number of hydrogen-bond acceptors (Lipinski definition) is 5. The molecule has 7 heteroatoms. The van der Waals surface area contributed by atoms with Crippen molar-refractivity contribution in [3.8, 4) is 16.3 Å². The number of rotatable bonds is 5. The van der Waals surface area contributed by atoms with Crippen LogP contribution in [0.25, 0.3) is 10.6 Å². The Morgan fingerprint density at radius 1 is 1.12 bits per heavy atom. The van der Waals surface area contributed by atoms with E-state index in [9.17, 15) is 9.18 Å². The monoisotopic (exact) mass is 343 g/mol. The molecule has 0 atom stereocenters. The molecule has 5 nitrogen and oxygen atoms in total. The molecule has 3 aromatic rings. The molecule has 0 fully saturated rings. The standard InChI is InChI=1S/C17H14FN3O2S/c1-23-14-8-2-11(3-9-14)10-15(22)19-17-21-20-16(24-17)12-4-6-13(18)7-5-12/h2-9H,10H2,1H3,(H,19,21,22). The molecular weight excluding hydrogens is 329 g/mol. The molecule has 0 aliphatic heterocycles. The molecule has 0 saturated carbocycles. The van der Waals surface area contributed by atoms with Crippen molar-refractivity contribution in [2.24, 2.45) is 0 Å². The van der Waals surface area contributed by atoms with Crippen molar-refractivity contribution in [2.45, 2.75) is 6.42 Å². The largest absolute Gasteiger partial charge is 0.497 e. The summed E-state index contributed by atoms with van der Waals surface area (Å²) in [5.41, 5.74) is 1.63. The van der Waals surface area contributed by atoms with E-state index in [1.807, 2.05) is 12.1 Å².